The molecule has 0 aromatic carbocycles. The summed E-state index contributed by atoms with van der Waals surface area (Å²) in [5, 5.41) is 16.0. The Labute approximate surface area is 197 Å². The fourth-order valence-corrected chi connectivity index (χ4v) is 8.95. The molecule has 0 aromatic heterocycles. The summed E-state index contributed by atoms with van der Waals surface area (Å²) >= 11 is 1.75. The second-order valence-electron chi connectivity index (χ2n) is 11.0. The van der Waals surface area contributed by atoms with Gasteiger partial charge in [0.15, 0.2) is 0 Å². The van der Waals surface area contributed by atoms with Crippen molar-refractivity contribution in [2.75, 3.05) is 12.3 Å². The van der Waals surface area contributed by atoms with E-state index in [4.69, 9.17) is 0 Å². The summed E-state index contributed by atoms with van der Waals surface area (Å²) in [6.45, 7) is 4.52. The molecule has 186 valence electrons. The maximum Gasteiger partial charge on any atom is 0.471 e. The SMILES string of the molecule is C[C@]12CC[C@@H](SCCCNC(=O)C(F)(F)F)CC1/C(=N/O)C[C@@H]1[C@@H]2CC[C@]2(C)C(=O)CC[C@@H]12. The summed E-state index contributed by atoms with van der Waals surface area (Å²) < 4.78 is 36.8. The van der Waals surface area contributed by atoms with Crippen molar-refractivity contribution in [1.82, 2.24) is 5.32 Å². The monoisotopic (exact) mass is 488 g/mol. The second-order valence-corrected chi connectivity index (χ2v) is 12.4. The number of nitrogens with zero attached hydrogens (tertiary/aromatic N) is 1. The number of carbonyl (C=O) groups is 2. The number of alkyl halides is 3. The zero-order chi connectivity index (χ0) is 24.0. The number of nitrogens with one attached hydrogen (secondary N) is 1. The van der Waals surface area contributed by atoms with Crippen molar-refractivity contribution in [3.05, 3.63) is 0 Å². The molecule has 0 bridgehead atoms. The van der Waals surface area contributed by atoms with E-state index in [9.17, 15) is 28.0 Å². The minimum atomic E-state index is -4.83. The highest BCUT2D eigenvalue weighted by Crippen LogP contribution is 2.65. The molecule has 1 unspecified atom stereocenters. The van der Waals surface area contributed by atoms with Crippen LogP contribution >= 0.6 is 11.8 Å². The maximum atomic E-state index is 12.6. The van der Waals surface area contributed by atoms with Gasteiger partial charge in [-0.3, -0.25) is 9.59 Å². The number of carbonyl (C=O) groups excluding carboxylic acids is 2. The third-order valence-corrected chi connectivity index (χ3v) is 10.9. The van der Waals surface area contributed by atoms with E-state index < -0.39 is 12.1 Å². The number of hydrogen-bond acceptors (Lipinski definition) is 5. The lowest BCUT2D eigenvalue weighted by molar-refractivity contribution is -0.173. The zero-order valence-electron chi connectivity index (χ0n) is 19.4. The van der Waals surface area contributed by atoms with Gasteiger partial charge in [-0.2, -0.15) is 24.9 Å². The van der Waals surface area contributed by atoms with Gasteiger partial charge in [-0.1, -0.05) is 19.0 Å². The van der Waals surface area contributed by atoms with Crippen molar-refractivity contribution in [3.8, 4) is 0 Å². The highest BCUT2D eigenvalue weighted by Gasteiger charge is 2.61. The molecule has 0 heterocycles. The number of amides is 1. The van der Waals surface area contributed by atoms with E-state index in [0.29, 0.717) is 47.4 Å². The first-order valence-electron chi connectivity index (χ1n) is 12.2. The minimum absolute atomic E-state index is 0.0190. The summed E-state index contributed by atoms with van der Waals surface area (Å²) in [4.78, 5) is 23.5. The van der Waals surface area contributed by atoms with Gasteiger partial charge in [0.05, 0.1) is 5.71 Å². The van der Waals surface area contributed by atoms with Crippen LogP contribution in [0, 0.1) is 34.5 Å². The van der Waals surface area contributed by atoms with Crippen LogP contribution < -0.4 is 5.32 Å². The Bertz CT molecular complexity index is 819. The molecule has 0 spiro atoms. The van der Waals surface area contributed by atoms with Crippen LogP contribution in [0.5, 0.6) is 0 Å². The van der Waals surface area contributed by atoms with Gasteiger partial charge in [0.1, 0.15) is 5.78 Å². The number of halogens is 3. The molecular weight excluding hydrogens is 453 g/mol. The molecule has 0 saturated heterocycles. The van der Waals surface area contributed by atoms with E-state index in [-0.39, 0.29) is 23.3 Å². The van der Waals surface area contributed by atoms with Gasteiger partial charge in [0, 0.05) is 29.5 Å². The van der Waals surface area contributed by atoms with Crippen LogP contribution in [0.2, 0.25) is 0 Å². The molecular formula is C24H35F3N2O3S. The molecule has 0 radical (unpaired) electrons. The predicted octanol–water partition coefficient (Wildman–Crippen LogP) is 5.21. The van der Waals surface area contributed by atoms with Gasteiger partial charge in [0.25, 0.3) is 0 Å². The number of Topliss-reactive ketones (excluding diaryl/α,β-unsaturated/α-hetero) is 1. The minimum Gasteiger partial charge on any atom is -0.411 e. The number of rotatable bonds is 5. The number of hydrogen-bond donors (Lipinski definition) is 2. The average molecular weight is 489 g/mol. The predicted molar refractivity (Wildman–Crippen MR) is 121 cm³/mol. The number of oxime groups is 1. The van der Waals surface area contributed by atoms with Crippen LogP contribution in [0.1, 0.15) is 71.6 Å². The molecule has 7 atom stereocenters. The number of thioether (sulfide) groups is 1. The molecule has 1 amide bonds. The Hall–Kier alpha value is -1.25. The molecule has 4 saturated carbocycles. The Morgan fingerprint density at radius 1 is 1.21 bits per heavy atom. The summed E-state index contributed by atoms with van der Waals surface area (Å²) in [7, 11) is 0. The Morgan fingerprint density at radius 2 is 1.97 bits per heavy atom. The first-order valence-corrected chi connectivity index (χ1v) is 13.3. The first kappa shape index (κ1) is 24.9. The quantitative estimate of drug-likeness (QED) is 0.316. The van der Waals surface area contributed by atoms with Crippen LogP contribution in [0.4, 0.5) is 13.2 Å². The normalized spacial score (nSPS) is 41.9. The van der Waals surface area contributed by atoms with Crippen LogP contribution in [0.25, 0.3) is 0 Å². The van der Waals surface area contributed by atoms with E-state index in [1.165, 1.54) is 0 Å². The van der Waals surface area contributed by atoms with E-state index >= 15 is 0 Å². The Morgan fingerprint density at radius 3 is 2.67 bits per heavy atom. The summed E-state index contributed by atoms with van der Waals surface area (Å²) in [6, 6.07) is 0. The highest BCUT2D eigenvalue weighted by molar-refractivity contribution is 7.99. The van der Waals surface area contributed by atoms with E-state index in [1.807, 2.05) is 5.32 Å². The topological polar surface area (TPSA) is 78.8 Å². The molecule has 4 rings (SSSR count). The van der Waals surface area contributed by atoms with Gasteiger partial charge in [-0.25, -0.2) is 0 Å². The summed E-state index contributed by atoms with van der Waals surface area (Å²) in [6.07, 6.45) is 3.09. The fraction of sp³-hybridized carbons (Fsp3) is 0.875. The van der Waals surface area contributed by atoms with Gasteiger partial charge in [0.2, 0.25) is 0 Å². The van der Waals surface area contributed by atoms with Gasteiger partial charge in [-0.05, 0) is 80.3 Å². The van der Waals surface area contributed by atoms with Crippen molar-refractivity contribution < 1.29 is 28.0 Å². The first-order chi connectivity index (χ1) is 15.5. The van der Waals surface area contributed by atoms with E-state index in [1.54, 1.807) is 11.8 Å². The third kappa shape index (κ3) is 4.43. The van der Waals surface area contributed by atoms with E-state index in [2.05, 4.69) is 19.0 Å². The van der Waals surface area contributed by atoms with Crippen molar-refractivity contribution >= 4 is 29.2 Å². The fourth-order valence-electron chi connectivity index (χ4n) is 7.69. The molecule has 4 aliphatic rings. The Balaban J connectivity index is 1.36. The molecule has 4 fully saturated rings. The van der Waals surface area contributed by atoms with Crippen molar-refractivity contribution in [2.24, 2.45) is 39.7 Å². The molecule has 9 heteroatoms. The molecule has 0 aromatic rings. The third-order valence-electron chi connectivity index (χ3n) is 9.49. The lowest BCUT2D eigenvalue weighted by Gasteiger charge is -2.60. The molecule has 33 heavy (non-hydrogen) atoms. The lowest BCUT2D eigenvalue weighted by atomic mass is 9.45. The molecule has 0 aliphatic heterocycles. The Kier molecular flexibility index (Phi) is 6.84. The largest absolute Gasteiger partial charge is 0.471 e. The average Bonchev–Trinajstić information content (AvgIpc) is 3.07. The van der Waals surface area contributed by atoms with Crippen LogP contribution in [0.15, 0.2) is 5.16 Å². The van der Waals surface area contributed by atoms with Gasteiger partial charge in [-0.15, -0.1) is 0 Å². The van der Waals surface area contributed by atoms with Crippen molar-refractivity contribution in [2.45, 2.75) is 83.1 Å². The van der Waals surface area contributed by atoms with Crippen LogP contribution in [-0.2, 0) is 9.59 Å². The second kappa shape index (κ2) is 9.08. The lowest BCUT2D eigenvalue weighted by Crippen LogP contribution is -2.56. The summed E-state index contributed by atoms with van der Waals surface area (Å²) in [5.74, 6) is 0.760. The van der Waals surface area contributed by atoms with Crippen molar-refractivity contribution in [1.29, 1.82) is 0 Å². The number of fused-ring (bicyclic) bond motifs is 5. The van der Waals surface area contributed by atoms with Gasteiger partial charge >= 0.3 is 12.1 Å². The molecule has 4 aliphatic carbocycles. The highest BCUT2D eigenvalue weighted by atomic mass is 32.2. The molecule has 2 N–H and O–H groups in total. The maximum absolute atomic E-state index is 12.6. The zero-order valence-corrected chi connectivity index (χ0v) is 20.2. The smallest absolute Gasteiger partial charge is 0.411 e. The number of ketones is 1. The van der Waals surface area contributed by atoms with E-state index in [0.717, 1.165) is 50.7 Å². The van der Waals surface area contributed by atoms with Gasteiger partial charge < -0.3 is 10.5 Å². The standard InChI is InChI=1S/C24H35F3N2O3S/c1-22-8-6-14(33-11-3-10-28-21(31)24(25,26)27)12-18(22)19(29-32)13-15-16-4-5-20(30)23(16,2)9-7-17(15)22/h14-18,32H,3-13H2,1-2H3,(H,28,31)/b29-19+/t14-,15+,16+,17+,18?,22-,23+/m1/s1. The summed E-state index contributed by atoms with van der Waals surface area (Å²) in [5.41, 5.74) is 0.736. The molecule has 5 nitrogen and oxygen atoms in total. The van der Waals surface area contributed by atoms with Crippen LogP contribution in [-0.4, -0.2) is 46.3 Å². The van der Waals surface area contributed by atoms with Crippen molar-refractivity contribution in [3.63, 3.8) is 0 Å². The van der Waals surface area contributed by atoms with Crippen LogP contribution in [0.3, 0.4) is 0 Å².